The van der Waals surface area contributed by atoms with Crippen LogP contribution in [0.5, 0.6) is 0 Å². The minimum Gasteiger partial charge on any atom is -0.388 e. The van der Waals surface area contributed by atoms with E-state index in [4.69, 9.17) is 0 Å². The van der Waals surface area contributed by atoms with Gasteiger partial charge in [0.25, 0.3) is 0 Å². The molecule has 2 rings (SSSR count). The summed E-state index contributed by atoms with van der Waals surface area (Å²) in [5.41, 5.74) is 0.764. The molecule has 3 atom stereocenters. The maximum Gasteiger partial charge on any atom is 0.391 e. The van der Waals surface area contributed by atoms with Crippen LogP contribution in [-0.4, -0.2) is 29.9 Å². The predicted octanol–water partition coefficient (Wildman–Crippen LogP) is 3.53. The number of aliphatic hydroxyl groups is 1. The van der Waals surface area contributed by atoms with Crippen molar-refractivity contribution in [1.29, 1.82) is 0 Å². The summed E-state index contributed by atoms with van der Waals surface area (Å²) in [6.07, 6.45) is -3.45. The van der Waals surface area contributed by atoms with Gasteiger partial charge in [0, 0.05) is 12.6 Å². The quantitative estimate of drug-likeness (QED) is 0.765. The third-order valence-electron chi connectivity index (χ3n) is 4.36. The van der Waals surface area contributed by atoms with E-state index >= 15 is 0 Å². The molecule has 4 nitrogen and oxygen atoms in total. The van der Waals surface area contributed by atoms with E-state index in [0.29, 0.717) is 19.3 Å². The van der Waals surface area contributed by atoms with Crippen LogP contribution in [0.3, 0.4) is 0 Å². The lowest BCUT2D eigenvalue weighted by molar-refractivity contribution is -0.183. The van der Waals surface area contributed by atoms with Gasteiger partial charge in [0.2, 0.25) is 0 Å². The van der Waals surface area contributed by atoms with E-state index in [1.165, 1.54) is 0 Å². The summed E-state index contributed by atoms with van der Waals surface area (Å²) in [5.74, 6) is -1.34. The fourth-order valence-corrected chi connectivity index (χ4v) is 3.02. The highest BCUT2D eigenvalue weighted by Gasteiger charge is 2.42. The molecule has 0 unspecified atom stereocenters. The van der Waals surface area contributed by atoms with E-state index < -0.39 is 30.3 Å². The fourth-order valence-electron chi connectivity index (χ4n) is 3.02. The lowest BCUT2D eigenvalue weighted by Crippen LogP contribution is -2.46. The molecule has 1 aromatic rings. The number of alkyl halides is 3. The Balaban J connectivity index is 1.70. The number of urea groups is 1. The summed E-state index contributed by atoms with van der Waals surface area (Å²) >= 11 is 0. The molecule has 7 heteroatoms. The first-order valence-electron chi connectivity index (χ1n) is 8.20. The normalized spacial score (nSPS) is 22.7. The molecule has 1 aromatic carbocycles. The Hall–Kier alpha value is -1.76. The average molecular weight is 344 g/mol. The van der Waals surface area contributed by atoms with Gasteiger partial charge < -0.3 is 15.7 Å². The van der Waals surface area contributed by atoms with Gasteiger partial charge in [-0.05, 0) is 31.2 Å². The van der Waals surface area contributed by atoms with Crippen LogP contribution in [0, 0.1) is 5.92 Å². The van der Waals surface area contributed by atoms with Crippen LogP contribution in [0.2, 0.25) is 0 Å². The summed E-state index contributed by atoms with van der Waals surface area (Å²) in [6, 6.07) is 8.14. The molecule has 24 heavy (non-hydrogen) atoms. The maximum atomic E-state index is 12.7. The Kier molecular flexibility index (Phi) is 6.48. The lowest BCUT2D eigenvalue weighted by Gasteiger charge is -2.31. The van der Waals surface area contributed by atoms with Crippen molar-refractivity contribution >= 4 is 6.03 Å². The lowest BCUT2D eigenvalue weighted by atomic mass is 9.85. The number of rotatable bonds is 5. The van der Waals surface area contributed by atoms with Gasteiger partial charge in [-0.15, -0.1) is 0 Å². The average Bonchev–Trinajstić information content (AvgIpc) is 2.55. The van der Waals surface area contributed by atoms with Gasteiger partial charge in [0.1, 0.15) is 0 Å². The Bertz CT molecular complexity index is 522. The molecule has 0 aromatic heterocycles. The van der Waals surface area contributed by atoms with Crippen LogP contribution in [0.15, 0.2) is 30.3 Å². The summed E-state index contributed by atoms with van der Waals surface area (Å²) in [5, 5.41) is 15.2. The molecule has 0 bridgehead atoms. The predicted molar refractivity (Wildman–Crippen MR) is 84.4 cm³/mol. The first-order chi connectivity index (χ1) is 11.4. The van der Waals surface area contributed by atoms with E-state index in [1.807, 2.05) is 18.2 Å². The number of aliphatic hydroxyl groups excluding tert-OH is 1. The van der Waals surface area contributed by atoms with E-state index in [0.717, 1.165) is 5.56 Å². The molecule has 2 amide bonds. The number of carbonyl (C=O) groups excluding carboxylic acids is 1. The molecule has 0 spiro atoms. The summed E-state index contributed by atoms with van der Waals surface area (Å²) in [6.45, 7) is 0.247. The summed E-state index contributed by atoms with van der Waals surface area (Å²) in [7, 11) is 0. The second-order valence-electron chi connectivity index (χ2n) is 6.22. The van der Waals surface area contributed by atoms with Gasteiger partial charge in [0.05, 0.1) is 12.0 Å². The zero-order valence-corrected chi connectivity index (χ0v) is 13.4. The highest BCUT2D eigenvalue weighted by atomic mass is 19.4. The van der Waals surface area contributed by atoms with Crippen molar-refractivity contribution in [2.24, 2.45) is 5.92 Å². The molecule has 3 N–H and O–H groups in total. The molecular formula is C17H23F3N2O2. The fraction of sp³-hybridized carbons (Fsp3) is 0.588. The van der Waals surface area contributed by atoms with E-state index in [-0.39, 0.29) is 19.4 Å². The topological polar surface area (TPSA) is 61.4 Å². The van der Waals surface area contributed by atoms with Crippen LogP contribution >= 0.6 is 0 Å². The van der Waals surface area contributed by atoms with Crippen molar-refractivity contribution in [2.45, 2.75) is 50.4 Å². The third kappa shape index (κ3) is 5.70. The number of carbonyl (C=O) groups is 1. The number of halogens is 3. The van der Waals surface area contributed by atoms with Gasteiger partial charge in [0.15, 0.2) is 0 Å². The monoisotopic (exact) mass is 344 g/mol. The first kappa shape index (κ1) is 18.6. The molecule has 1 fully saturated rings. The number of hydrogen-bond acceptors (Lipinski definition) is 2. The van der Waals surface area contributed by atoms with Gasteiger partial charge in [-0.25, -0.2) is 4.79 Å². The highest BCUT2D eigenvalue weighted by molar-refractivity contribution is 5.74. The Morgan fingerprint density at radius 2 is 1.96 bits per heavy atom. The molecule has 1 aliphatic carbocycles. The number of amides is 2. The molecule has 134 valence electrons. The Labute approximate surface area is 139 Å². The molecular weight excluding hydrogens is 321 g/mol. The summed E-state index contributed by atoms with van der Waals surface area (Å²) < 4.78 is 38.2. The minimum atomic E-state index is -4.20. The largest absolute Gasteiger partial charge is 0.391 e. The van der Waals surface area contributed by atoms with Gasteiger partial charge in [-0.3, -0.25) is 0 Å². The second-order valence-corrected chi connectivity index (χ2v) is 6.22. The summed E-state index contributed by atoms with van der Waals surface area (Å²) in [4.78, 5) is 11.8. The van der Waals surface area contributed by atoms with Gasteiger partial charge >= 0.3 is 12.2 Å². The van der Waals surface area contributed by atoms with Crippen molar-refractivity contribution in [1.82, 2.24) is 10.6 Å². The van der Waals surface area contributed by atoms with Crippen LogP contribution in [-0.2, 0) is 0 Å². The smallest absolute Gasteiger partial charge is 0.388 e. The van der Waals surface area contributed by atoms with Crippen LogP contribution < -0.4 is 10.6 Å². The second kappa shape index (κ2) is 8.37. The Morgan fingerprint density at radius 1 is 1.25 bits per heavy atom. The zero-order chi connectivity index (χ0) is 17.6. The zero-order valence-electron chi connectivity index (χ0n) is 13.4. The van der Waals surface area contributed by atoms with E-state index in [2.05, 4.69) is 10.6 Å². The van der Waals surface area contributed by atoms with Crippen molar-refractivity contribution in [2.75, 3.05) is 6.54 Å². The van der Waals surface area contributed by atoms with Crippen molar-refractivity contribution < 1.29 is 23.1 Å². The van der Waals surface area contributed by atoms with Crippen LogP contribution in [0.25, 0.3) is 0 Å². The first-order valence-corrected chi connectivity index (χ1v) is 8.20. The molecule has 0 saturated heterocycles. The molecule has 0 heterocycles. The minimum absolute atomic E-state index is 0.0659. The number of benzene rings is 1. The molecule has 0 aliphatic heterocycles. The van der Waals surface area contributed by atoms with Crippen molar-refractivity contribution in [3.63, 3.8) is 0 Å². The SMILES string of the molecule is O=C(NCC[C@H](O)c1ccccc1)N[C@@H]1CCC[C@@H](C(F)(F)F)C1. The molecule has 0 radical (unpaired) electrons. The van der Waals surface area contributed by atoms with Crippen LogP contribution in [0.4, 0.5) is 18.0 Å². The standard InChI is InChI=1S/C17H23F3N2O2/c18-17(19,20)13-7-4-8-14(11-13)22-16(24)21-10-9-15(23)12-5-2-1-3-6-12/h1-3,5-6,13-15,23H,4,7-11H2,(H2,21,22,24)/t13-,14-,15+/m1/s1. The van der Waals surface area contributed by atoms with Crippen LogP contribution in [0.1, 0.15) is 43.8 Å². The van der Waals surface area contributed by atoms with Crippen molar-refractivity contribution in [3.8, 4) is 0 Å². The highest BCUT2D eigenvalue weighted by Crippen LogP contribution is 2.37. The van der Waals surface area contributed by atoms with Gasteiger partial charge in [-0.1, -0.05) is 36.8 Å². The molecule has 1 aliphatic rings. The number of nitrogens with one attached hydrogen (secondary N) is 2. The van der Waals surface area contributed by atoms with E-state index in [9.17, 15) is 23.1 Å². The van der Waals surface area contributed by atoms with Gasteiger partial charge in [-0.2, -0.15) is 13.2 Å². The maximum absolute atomic E-state index is 12.7. The Morgan fingerprint density at radius 3 is 2.62 bits per heavy atom. The molecule has 1 saturated carbocycles. The van der Waals surface area contributed by atoms with E-state index in [1.54, 1.807) is 12.1 Å². The van der Waals surface area contributed by atoms with Crippen molar-refractivity contribution in [3.05, 3.63) is 35.9 Å². The number of hydrogen-bond donors (Lipinski definition) is 3. The third-order valence-corrected chi connectivity index (χ3v) is 4.36.